The SMILES string of the molecule is c1ccc(-c2nc(-c3ccccc3)nc(-c3cc(-c4cccc5ccccc45)cc4sc(-c5ccccc5)nc34)n2)cc1. The van der Waals surface area contributed by atoms with Crippen LogP contribution >= 0.6 is 11.3 Å². The fourth-order valence-electron chi connectivity index (χ4n) is 5.47. The summed E-state index contributed by atoms with van der Waals surface area (Å²) < 4.78 is 1.09. The molecule has 0 aliphatic rings. The molecule has 0 unspecified atom stereocenters. The second kappa shape index (κ2) is 10.7. The lowest BCUT2D eigenvalue weighted by molar-refractivity contribution is 1.08. The van der Waals surface area contributed by atoms with Crippen LogP contribution in [0, 0.1) is 0 Å². The second-order valence-electron chi connectivity index (χ2n) is 10.3. The van der Waals surface area contributed by atoms with Crippen molar-refractivity contribution in [2.75, 3.05) is 0 Å². The molecule has 0 saturated carbocycles. The van der Waals surface area contributed by atoms with E-state index in [4.69, 9.17) is 19.9 Å². The van der Waals surface area contributed by atoms with Crippen LogP contribution in [0.5, 0.6) is 0 Å². The van der Waals surface area contributed by atoms with E-state index in [-0.39, 0.29) is 0 Å². The highest BCUT2D eigenvalue weighted by Gasteiger charge is 2.19. The van der Waals surface area contributed by atoms with Crippen LogP contribution < -0.4 is 0 Å². The van der Waals surface area contributed by atoms with E-state index < -0.39 is 0 Å². The van der Waals surface area contributed by atoms with Crippen LogP contribution in [-0.4, -0.2) is 19.9 Å². The Morgan fingerprint density at radius 2 is 0.953 bits per heavy atom. The second-order valence-corrected chi connectivity index (χ2v) is 11.4. The molecule has 0 radical (unpaired) electrons. The molecule has 0 N–H and O–H groups in total. The van der Waals surface area contributed by atoms with Gasteiger partial charge in [-0.2, -0.15) is 0 Å². The van der Waals surface area contributed by atoms with Gasteiger partial charge < -0.3 is 0 Å². The zero-order valence-electron chi connectivity index (χ0n) is 23.1. The molecule has 8 aromatic rings. The first kappa shape index (κ1) is 25.2. The van der Waals surface area contributed by atoms with Crippen LogP contribution in [-0.2, 0) is 0 Å². The number of hydrogen-bond donors (Lipinski definition) is 0. The molecule has 6 aromatic carbocycles. The van der Waals surface area contributed by atoms with Gasteiger partial charge in [-0.1, -0.05) is 133 Å². The first-order valence-electron chi connectivity index (χ1n) is 14.2. The molecule has 0 spiro atoms. The molecule has 202 valence electrons. The lowest BCUT2D eigenvalue weighted by Gasteiger charge is -2.12. The third kappa shape index (κ3) is 4.76. The highest BCUT2D eigenvalue weighted by atomic mass is 32.1. The molecule has 8 rings (SSSR count). The standard InChI is InChI=1S/C38H24N4S/c1-4-14-26(15-5-1)35-40-36(27-16-6-2-7-17-27)42-37(41-35)32-23-29(31-22-12-20-25-13-10-11-21-30(25)31)24-33-34(32)39-38(43-33)28-18-8-3-9-19-28/h1-24H. The molecule has 4 nitrogen and oxygen atoms in total. The van der Waals surface area contributed by atoms with E-state index in [2.05, 4.69) is 66.7 Å². The summed E-state index contributed by atoms with van der Waals surface area (Å²) in [5.41, 5.74) is 7.00. The molecule has 0 saturated heterocycles. The summed E-state index contributed by atoms with van der Waals surface area (Å²) in [5.74, 6) is 1.86. The number of thiazole rings is 1. The minimum atomic E-state index is 0.602. The van der Waals surface area contributed by atoms with E-state index in [0.717, 1.165) is 48.6 Å². The van der Waals surface area contributed by atoms with Gasteiger partial charge in [-0.15, -0.1) is 11.3 Å². The highest BCUT2D eigenvalue weighted by molar-refractivity contribution is 7.21. The average Bonchev–Trinajstić information content (AvgIpc) is 3.53. The molecule has 0 aliphatic heterocycles. The molecule has 2 aromatic heterocycles. The van der Waals surface area contributed by atoms with Crippen molar-refractivity contribution < 1.29 is 0 Å². The van der Waals surface area contributed by atoms with Crippen LogP contribution in [0.2, 0.25) is 0 Å². The van der Waals surface area contributed by atoms with E-state index in [9.17, 15) is 0 Å². The van der Waals surface area contributed by atoms with Gasteiger partial charge in [-0.05, 0) is 34.0 Å². The van der Waals surface area contributed by atoms with Gasteiger partial charge in [0.15, 0.2) is 17.5 Å². The fourth-order valence-corrected chi connectivity index (χ4v) is 6.50. The van der Waals surface area contributed by atoms with Crippen LogP contribution in [0.1, 0.15) is 0 Å². The molecule has 0 atom stereocenters. The smallest absolute Gasteiger partial charge is 0.166 e. The van der Waals surface area contributed by atoms with Gasteiger partial charge in [-0.25, -0.2) is 19.9 Å². The zero-order valence-corrected chi connectivity index (χ0v) is 23.9. The predicted molar refractivity (Wildman–Crippen MR) is 178 cm³/mol. The van der Waals surface area contributed by atoms with Crippen LogP contribution in [0.25, 0.3) is 76.9 Å². The van der Waals surface area contributed by atoms with Crippen molar-refractivity contribution in [3.63, 3.8) is 0 Å². The quantitative estimate of drug-likeness (QED) is 0.207. The van der Waals surface area contributed by atoms with E-state index in [1.54, 1.807) is 11.3 Å². The van der Waals surface area contributed by atoms with Gasteiger partial charge in [0, 0.05) is 22.3 Å². The minimum Gasteiger partial charge on any atom is -0.235 e. The Morgan fingerprint density at radius 1 is 0.395 bits per heavy atom. The van der Waals surface area contributed by atoms with Crippen LogP contribution in [0.15, 0.2) is 146 Å². The van der Waals surface area contributed by atoms with Crippen molar-refractivity contribution >= 4 is 32.3 Å². The molecule has 0 aliphatic carbocycles. The van der Waals surface area contributed by atoms with Crippen molar-refractivity contribution in [2.45, 2.75) is 0 Å². The Kier molecular flexibility index (Phi) is 6.28. The molecular formula is C38H24N4S. The van der Waals surface area contributed by atoms with Crippen molar-refractivity contribution in [3.05, 3.63) is 146 Å². The first-order valence-corrected chi connectivity index (χ1v) is 15.0. The monoisotopic (exact) mass is 568 g/mol. The number of benzene rings is 6. The van der Waals surface area contributed by atoms with Gasteiger partial charge in [0.1, 0.15) is 5.01 Å². The summed E-state index contributed by atoms with van der Waals surface area (Å²) in [7, 11) is 0. The topological polar surface area (TPSA) is 51.6 Å². The Labute approximate surface area is 253 Å². The van der Waals surface area contributed by atoms with Gasteiger partial charge >= 0.3 is 0 Å². The number of fused-ring (bicyclic) bond motifs is 2. The first-order chi connectivity index (χ1) is 21.3. The minimum absolute atomic E-state index is 0.602. The van der Waals surface area contributed by atoms with Crippen LogP contribution in [0.3, 0.4) is 0 Å². The summed E-state index contributed by atoms with van der Waals surface area (Å²) in [5, 5.41) is 3.37. The molecule has 43 heavy (non-hydrogen) atoms. The van der Waals surface area contributed by atoms with Crippen molar-refractivity contribution in [3.8, 4) is 55.9 Å². The average molecular weight is 569 g/mol. The van der Waals surface area contributed by atoms with Gasteiger partial charge in [0.2, 0.25) is 0 Å². The van der Waals surface area contributed by atoms with Crippen LogP contribution in [0.4, 0.5) is 0 Å². The summed E-state index contributed by atoms with van der Waals surface area (Å²) in [6.45, 7) is 0. The maximum Gasteiger partial charge on any atom is 0.166 e. The maximum absolute atomic E-state index is 5.18. The Morgan fingerprint density at radius 3 is 1.63 bits per heavy atom. The Bertz CT molecular complexity index is 2160. The van der Waals surface area contributed by atoms with Crippen molar-refractivity contribution in [1.29, 1.82) is 0 Å². The third-order valence-electron chi connectivity index (χ3n) is 7.56. The molecule has 2 heterocycles. The molecule has 5 heteroatoms. The van der Waals surface area contributed by atoms with Gasteiger partial charge in [0.05, 0.1) is 10.2 Å². The lowest BCUT2D eigenvalue weighted by Crippen LogP contribution is -2.00. The number of hydrogen-bond acceptors (Lipinski definition) is 5. The lowest BCUT2D eigenvalue weighted by atomic mass is 9.96. The normalized spacial score (nSPS) is 11.3. The van der Waals surface area contributed by atoms with Crippen molar-refractivity contribution in [2.24, 2.45) is 0 Å². The molecular weight excluding hydrogens is 545 g/mol. The summed E-state index contributed by atoms with van der Waals surface area (Å²) in [6.07, 6.45) is 0. The van der Waals surface area contributed by atoms with E-state index in [1.165, 1.54) is 10.8 Å². The zero-order chi connectivity index (χ0) is 28.6. The number of aromatic nitrogens is 4. The molecule has 0 fully saturated rings. The number of rotatable bonds is 5. The highest BCUT2D eigenvalue weighted by Crippen LogP contribution is 2.40. The fraction of sp³-hybridized carbons (Fsp3) is 0. The van der Waals surface area contributed by atoms with E-state index in [1.807, 2.05) is 78.9 Å². The summed E-state index contributed by atoms with van der Waals surface area (Å²) in [6, 6.07) is 49.9. The van der Waals surface area contributed by atoms with E-state index >= 15 is 0 Å². The Hall–Kier alpha value is -5.52. The third-order valence-corrected chi connectivity index (χ3v) is 8.61. The van der Waals surface area contributed by atoms with Crippen molar-refractivity contribution in [1.82, 2.24) is 19.9 Å². The maximum atomic E-state index is 5.18. The predicted octanol–water partition coefficient (Wildman–Crippen LogP) is 9.97. The number of nitrogens with zero attached hydrogens (tertiary/aromatic N) is 4. The van der Waals surface area contributed by atoms with Gasteiger partial charge in [0.25, 0.3) is 0 Å². The molecule has 0 bridgehead atoms. The molecule has 0 amide bonds. The largest absolute Gasteiger partial charge is 0.235 e. The summed E-state index contributed by atoms with van der Waals surface area (Å²) in [4.78, 5) is 20.2. The van der Waals surface area contributed by atoms with Gasteiger partial charge in [-0.3, -0.25) is 0 Å². The summed E-state index contributed by atoms with van der Waals surface area (Å²) >= 11 is 1.69. The van der Waals surface area contributed by atoms with E-state index in [0.29, 0.717) is 17.5 Å². The Balaban J connectivity index is 1.42.